The van der Waals surface area contributed by atoms with Crippen LogP contribution in [0.15, 0.2) is 24.3 Å². The number of hydrogen-bond donors (Lipinski definition) is 2. The van der Waals surface area contributed by atoms with Gasteiger partial charge in [-0.15, -0.1) is 11.3 Å². The third-order valence-corrected chi connectivity index (χ3v) is 6.06. The Morgan fingerprint density at radius 2 is 2.04 bits per heavy atom. The van der Waals surface area contributed by atoms with Crippen LogP contribution in [0.25, 0.3) is 10.2 Å². The van der Waals surface area contributed by atoms with Crippen molar-refractivity contribution >= 4 is 27.4 Å². The fourth-order valence-corrected chi connectivity index (χ4v) is 4.99. The average Bonchev–Trinajstić information content (AvgIpc) is 2.93. The molecule has 4 rings (SSSR count). The van der Waals surface area contributed by atoms with E-state index in [0.717, 1.165) is 41.8 Å². The van der Waals surface area contributed by atoms with Gasteiger partial charge in [0.05, 0.1) is 5.39 Å². The number of thiophene rings is 1. The van der Waals surface area contributed by atoms with Crippen LogP contribution >= 0.6 is 11.3 Å². The van der Waals surface area contributed by atoms with Crippen molar-refractivity contribution in [2.24, 2.45) is 5.92 Å². The van der Waals surface area contributed by atoms with Gasteiger partial charge in [0.25, 0.3) is 0 Å². The van der Waals surface area contributed by atoms with Gasteiger partial charge < -0.3 is 10.4 Å². The molecule has 1 atom stereocenters. The zero-order chi connectivity index (χ0) is 17.4. The van der Waals surface area contributed by atoms with Gasteiger partial charge in [-0.3, -0.25) is 0 Å². The van der Waals surface area contributed by atoms with Crippen molar-refractivity contribution in [2.45, 2.75) is 39.5 Å². The van der Waals surface area contributed by atoms with E-state index in [1.54, 1.807) is 12.1 Å². The molecule has 2 aromatic heterocycles. The molecule has 0 fully saturated rings. The van der Waals surface area contributed by atoms with Crippen LogP contribution in [-0.2, 0) is 19.3 Å². The molecule has 1 aliphatic carbocycles. The number of aryl methyl sites for hydroxylation is 2. The van der Waals surface area contributed by atoms with Crippen LogP contribution in [-0.4, -0.2) is 21.6 Å². The highest BCUT2D eigenvalue weighted by molar-refractivity contribution is 7.19. The zero-order valence-electron chi connectivity index (χ0n) is 14.7. The third-order valence-electron chi connectivity index (χ3n) is 4.91. The molecular formula is C20H23N3OS. The minimum Gasteiger partial charge on any atom is -0.508 e. The van der Waals surface area contributed by atoms with Crippen LogP contribution in [0.3, 0.4) is 0 Å². The number of aromatic hydroxyl groups is 1. The molecule has 0 bridgehead atoms. The van der Waals surface area contributed by atoms with Crippen molar-refractivity contribution in [1.82, 2.24) is 9.97 Å². The summed E-state index contributed by atoms with van der Waals surface area (Å²) in [5.41, 5.74) is 2.67. The molecule has 1 unspecified atom stereocenters. The van der Waals surface area contributed by atoms with E-state index in [4.69, 9.17) is 4.98 Å². The fraction of sp³-hybridized carbons (Fsp3) is 0.400. The molecular weight excluding hydrogens is 330 g/mol. The molecule has 4 nitrogen and oxygen atoms in total. The summed E-state index contributed by atoms with van der Waals surface area (Å²) in [6, 6.07) is 7.40. The number of anilines is 1. The van der Waals surface area contributed by atoms with Crippen LogP contribution < -0.4 is 5.32 Å². The molecule has 0 aliphatic heterocycles. The highest BCUT2D eigenvalue weighted by atomic mass is 32.1. The lowest BCUT2D eigenvalue weighted by atomic mass is 9.89. The van der Waals surface area contributed by atoms with E-state index >= 15 is 0 Å². The first-order valence-electron chi connectivity index (χ1n) is 8.91. The van der Waals surface area contributed by atoms with Crippen molar-refractivity contribution in [2.75, 3.05) is 11.9 Å². The Bertz CT molecular complexity index is 901. The number of benzene rings is 1. The summed E-state index contributed by atoms with van der Waals surface area (Å²) >= 11 is 1.84. The van der Waals surface area contributed by atoms with Gasteiger partial charge in [-0.25, -0.2) is 9.97 Å². The SMILES string of the molecule is Cc1nc(NCCc2ccc(O)cc2)c2c3c(sc2n1)CC(C)CC3. The molecule has 3 aromatic rings. The lowest BCUT2D eigenvalue weighted by Crippen LogP contribution is -2.11. The molecule has 0 radical (unpaired) electrons. The van der Waals surface area contributed by atoms with E-state index < -0.39 is 0 Å². The number of fused-ring (bicyclic) bond motifs is 3. The van der Waals surface area contributed by atoms with Gasteiger partial charge in [-0.1, -0.05) is 19.1 Å². The second-order valence-corrected chi connectivity index (χ2v) is 8.08. The molecule has 2 heterocycles. The predicted octanol–water partition coefficient (Wildman–Crippen LogP) is 4.48. The maximum absolute atomic E-state index is 9.39. The van der Waals surface area contributed by atoms with Crippen molar-refractivity contribution in [3.8, 4) is 5.75 Å². The fourth-order valence-electron chi connectivity index (χ4n) is 3.56. The van der Waals surface area contributed by atoms with Gasteiger partial charge >= 0.3 is 0 Å². The Morgan fingerprint density at radius 3 is 2.84 bits per heavy atom. The van der Waals surface area contributed by atoms with E-state index in [1.165, 1.54) is 34.2 Å². The smallest absolute Gasteiger partial charge is 0.138 e. The highest BCUT2D eigenvalue weighted by Crippen LogP contribution is 2.39. The van der Waals surface area contributed by atoms with Gasteiger partial charge in [0, 0.05) is 11.4 Å². The molecule has 1 aromatic carbocycles. The van der Waals surface area contributed by atoms with Crippen LogP contribution in [0.2, 0.25) is 0 Å². The molecule has 25 heavy (non-hydrogen) atoms. The second kappa shape index (κ2) is 6.64. The highest BCUT2D eigenvalue weighted by Gasteiger charge is 2.23. The van der Waals surface area contributed by atoms with Gasteiger partial charge in [-0.2, -0.15) is 0 Å². The van der Waals surface area contributed by atoms with Gasteiger partial charge in [-0.05, 0) is 61.8 Å². The Morgan fingerprint density at radius 1 is 1.24 bits per heavy atom. The van der Waals surface area contributed by atoms with Gasteiger partial charge in [0.15, 0.2) is 0 Å². The Balaban J connectivity index is 1.59. The summed E-state index contributed by atoms with van der Waals surface area (Å²) in [6.07, 6.45) is 4.45. The molecule has 0 spiro atoms. The first-order chi connectivity index (χ1) is 12.1. The first-order valence-corrected chi connectivity index (χ1v) is 9.72. The van der Waals surface area contributed by atoms with E-state index in [0.29, 0.717) is 5.75 Å². The summed E-state index contributed by atoms with van der Waals surface area (Å²) in [5.74, 6) is 2.88. The van der Waals surface area contributed by atoms with Gasteiger partial charge in [0.2, 0.25) is 0 Å². The monoisotopic (exact) mass is 353 g/mol. The van der Waals surface area contributed by atoms with Crippen LogP contribution in [0.5, 0.6) is 5.75 Å². The summed E-state index contributed by atoms with van der Waals surface area (Å²) < 4.78 is 0. The number of rotatable bonds is 4. The summed E-state index contributed by atoms with van der Waals surface area (Å²) in [4.78, 5) is 12.0. The minimum absolute atomic E-state index is 0.309. The third kappa shape index (κ3) is 3.33. The summed E-state index contributed by atoms with van der Waals surface area (Å²) in [5, 5.41) is 14.2. The largest absolute Gasteiger partial charge is 0.508 e. The van der Waals surface area contributed by atoms with Crippen LogP contribution in [0, 0.1) is 12.8 Å². The maximum Gasteiger partial charge on any atom is 0.138 e. The molecule has 2 N–H and O–H groups in total. The quantitative estimate of drug-likeness (QED) is 0.726. The van der Waals surface area contributed by atoms with E-state index in [-0.39, 0.29) is 0 Å². The number of hydrogen-bond acceptors (Lipinski definition) is 5. The summed E-state index contributed by atoms with van der Waals surface area (Å²) in [6.45, 7) is 5.12. The van der Waals surface area contributed by atoms with E-state index in [9.17, 15) is 5.11 Å². The number of aromatic nitrogens is 2. The van der Waals surface area contributed by atoms with E-state index in [2.05, 4.69) is 17.2 Å². The predicted molar refractivity (Wildman–Crippen MR) is 104 cm³/mol. The first kappa shape index (κ1) is 16.3. The molecule has 0 saturated heterocycles. The molecule has 130 valence electrons. The number of nitrogens with one attached hydrogen (secondary N) is 1. The van der Waals surface area contributed by atoms with Crippen LogP contribution in [0.1, 0.15) is 35.2 Å². The van der Waals surface area contributed by atoms with E-state index in [1.807, 2.05) is 30.4 Å². The number of nitrogens with zero attached hydrogens (tertiary/aromatic N) is 2. The van der Waals surface area contributed by atoms with Crippen molar-refractivity contribution in [3.63, 3.8) is 0 Å². The Hall–Kier alpha value is -2.14. The summed E-state index contributed by atoms with van der Waals surface area (Å²) in [7, 11) is 0. The Labute approximate surface area is 152 Å². The molecule has 0 saturated carbocycles. The molecule has 5 heteroatoms. The normalized spacial score (nSPS) is 16.8. The van der Waals surface area contributed by atoms with Crippen LogP contribution in [0.4, 0.5) is 5.82 Å². The van der Waals surface area contributed by atoms with Gasteiger partial charge in [0.1, 0.15) is 22.2 Å². The maximum atomic E-state index is 9.39. The second-order valence-electron chi connectivity index (χ2n) is 6.99. The molecule has 1 aliphatic rings. The zero-order valence-corrected chi connectivity index (χ0v) is 15.5. The number of phenols is 1. The lowest BCUT2D eigenvalue weighted by Gasteiger charge is -2.18. The lowest BCUT2D eigenvalue weighted by molar-refractivity contribution is 0.475. The van der Waals surface area contributed by atoms with Crippen molar-refractivity contribution < 1.29 is 5.11 Å². The minimum atomic E-state index is 0.309. The average molecular weight is 353 g/mol. The van der Waals surface area contributed by atoms with Crippen molar-refractivity contribution in [1.29, 1.82) is 0 Å². The standard InChI is InChI=1S/C20H23N3OS/c1-12-3-8-16-17(11-12)25-20-18(16)19(22-13(2)23-20)21-10-9-14-4-6-15(24)7-5-14/h4-7,12,24H,3,8-11H2,1-2H3,(H,21,22,23). The molecule has 0 amide bonds. The number of phenolic OH excluding ortho intramolecular Hbond substituents is 1. The van der Waals surface area contributed by atoms with Crippen molar-refractivity contribution in [3.05, 3.63) is 46.1 Å². The topological polar surface area (TPSA) is 58.0 Å². The Kier molecular flexibility index (Phi) is 4.34.